The molecule has 0 spiro atoms. The summed E-state index contributed by atoms with van der Waals surface area (Å²) >= 11 is 0. The molecule has 8 heteroatoms. The number of carbonyl (C=O) groups excluding carboxylic acids is 1. The molecule has 0 unspecified atom stereocenters. The highest BCUT2D eigenvalue weighted by Gasteiger charge is 2.03. The molecule has 2 aromatic carbocycles. The summed E-state index contributed by atoms with van der Waals surface area (Å²) in [7, 11) is 1.65. The number of rotatable bonds is 8. The molecule has 0 bridgehead atoms. The summed E-state index contributed by atoms with van der Waals surface area (Å²) in [6.07, 6.45) is 2.42. The van der Waals surface area contributed by atoms with E-state index in [4.69, 9.17) is 4.74 Å². The molecule has 0 saturated carbocycles. The van der Waals surface area contributed by atoms with Gasteiger partial charge in [-0.1, -0.05) is 18.2 Å². The summed E-state index contributed by atoms with van der Waals surface area (Å²) in [6, 6.07) is 15.3. The number of aromatic nitrogens is 3. The molecular formula is C20H22N6O2. The molecule has 144 valence electrons. The van der Waals surface area contributed by atoms with Gasteiger partial charge in [0.1, 0.15) is 5.75 Å². The van der Waals surface area contributed by atoms with Crippen molar-refractivity contribution >= 4 is 29.0 Å². The Morgan fingerprint density at radius 2 is 1.89 bits per heavy atom. The Bertz CT molecular complexity index is 930. The second-order valence-electron chi connectivity index (χ2n) is 6.08. The predicted octanol–water partition coefficient (Wildman–Crippen LogP) is 3.24. The van der Waals surface area contributed by atoms with Crippen LogP contribution >= 0.6 is 0 Å². The zero-order chi connectivity index (χ0) is 19.8. The monoisotopic (exact) mass is 378 g/mol. The lowest BCUT2D eigenvalue weighted by Crippen LogP contribution is -2.09. The predicted molar refractivity (Wildman–Crippen MR) is 109 cm³/mol. The second-order valence-corrected chi connectivity index (χ2v) is 6.08. The van der Waals surface area contributed by atoms with Crippen LogP contribution in [-0.4, -0.2) is 34.7 Å². The third-order valence-corrected chi connectivity index (χ3v) is 3.88. The van der Waals surface area contributed by atoms with Crippen molar-refractivity contribution in [1.82, 2.24) is 15.2 Å². The van der Waals surface area contributed by atoms with Crippen LogP contribution in [0, 0.1) is 0 Å². The van der Waals surface area contributed by atoms with E-state index in [0.29, 0.717) is 24.0 Å². The van der Waals surface area contributed by atoms with Crippen molar-refractivity contribution in [3.8, 4) is 5.75 Å². The minimum absolute atomic E-state index is 0.127. The van der Waals surface area contributed by atoms with Crippen molar-refractivity contribution in [3.63, 3.8) is 0 Å². The number of nitrogens with zero attached hydrogens (tertiary/aromatic N) is 3. The topological polar surface area (TPSA) is 101 Å². The van der Waals surface area contributed by atoms with Gasteiger partial charge < -0.3 is 20.7 Å². The molecule has 0 atom stereocenters. The number of ether oxygens (including phenoxy) is 1. The van der Waals surface area contributed by atoms with Crippen LogP contribution in [0.3, 0.4) is 0 Å². The molecule has 0 aliphatic heterocycles. The Hall–Kier alpha value is -3.68. The van der Waals surface area contributed by atoms with Gasteiger partial charge in [0.25, 0.3) is 0 Å². The maximum atomic E-state index is 11.2. The molecule has 0 saturated heterocycles. The van der Waals surface area contributed by atoms with E-state index in [1.54, 1.807) is 19.4 Å². The van der Waals surface area contributed by atoms with Gasteiger partial charge in [0.2, 0.25) is 11.9 Å². The van der Waals surface area contributed by atoms with E-state index in [0.717, 1.165) is 17.9 Å². The Morgan fingerprint density at radius 1 is 1.11 bits per heavy atom. The van der Waals surface area contributed by atoms with Crippen molar-refractivity contribution in [2.24, 2.45) is 0 Å². The molecule has 28 heavy (non-hydrogen) atoms. The highest BCUT2D eigenvalue weighted by molar-refractivity contribution is 5.89. The lowest BCUT2D eigenvalue weighted by atomic mass is 10.1. The summed E-state index contributed by atoms with van der Waals surface area (Å²) in [6.45, 7) is 2.18. The van der Waals surface area contributed by atoms with E-state index in [-0.39, 0.29) is 5.91 Å². The molecule has 8 nitrogen and oxygen atoms in total. The number of amides is 1. The van der Waals surface area contributed by atoms with Crippen molar-refractivity contribution in [2.45, 2.75) is 13.3 Å². The second kappa shape index (κ2) is 9.31. The fraction of sp³-hybridized carbons (Fsp3) is 0.200. The normalized spacial score (nSPS) is 10.2. The van der Waals surface area contributed by atoms with Gasteiger partial charge in [0, 0.05) is 24.8 Å². The third kappa shape index (κ3) is 5.66. The van der Waals surface area contributed by atoms with Crippen LogP contribution in [0.15, 0.2) is 54.7 Å². The van der Waals surface area contributed by atoms with Crippen LogP contribution in [0.5, 0.6) is 5.75 Å². The quantitative estimate of drug-likeness (QED) is 0.553. The van der Waals surface area contributed by atoms with Gasteiger partial charge in [-0.25, -0.2) is 0 Å². The number of anilines is 4. The Morgan fingerprint density at radius 3 is 2.64 bits per heavy atom. The molecule has 3 aromatic rings. The minimum atomic E-state index is -0.127. The maximum absolute atomic E-state index is 11.2. The van der Waals surface area contributed by atoms with E-state index in [9.17, 15) is 4.79 Å². The van der Waals surface area contributed by atoms with Crippen molar-refractivity contribution in [1.29, 1.82) is 0 Å². The number of benzene rings is 2. The van der Waals surface area contributed by atoms with Gasteiger partial charge >= 0.3 is 0 Å². The molecule has 3 rings (SSSR count). The zero-order valence-corrected chi connectivity index (χ0v) is 15.8. The van der Waals surface area contributed by atoms with E-state index in [1.165, 1.54) is 12.5 Å². The highest BCUT2D eigenvalue weighted by atomic mass is 16.5. The molecule has 1 aromatic heterocycles. The summed E-state index contributed by atoms with van der Waals surface area (Å²) < 4.78 is 5.16. The molecule has 0 aliphatic rings. The molecule has 1 heterocycles. The summed E-state index contributed by atoms with van der Waals surface area (Å²) in [5.74, 6) is 1.71. The SMILES string of the molecule is COc1ccc(CCNc2cnnc(Nc3cccc(NC(C)=O)c3)n2)cc1. The number of methoxy groups -OCH3 is 1. The fourth-order valence-electron chi connectivity index (χ4n) is 2.58. The molecule has 3 N–H and O–H groups in total. The first-order valence-electron chi connectivity index (χ1n) is 8.83. The largest absolute Gasteiger partial charge is 0.497 e. The van der Waals surface area contributed by atoms with E-state index < -0.39 is 0 Å². The highest BCUT2D eigenvalue weighted by Crippen LogP contribution is 2.18. The fourth-order valence-corrected chi connectivity index (χ4v) is 2.58. The molecule has 0 radical (unpaired) electrons. The van der Waals surface area contributed by atoms with E-state index in [1.807, 2.05) is 42.5 Å². The minimum Gasteiger partial charge on any atom is -0.497 e. The van der Waals surface area contributed by atoms with Gasteiger partial charge in [-0.15, -0.1) is 5.10 Å². The van der Waals surface area contributed by atoms with Crippen LogP contribution in [0.25, 0.3) is 0 Å². The van der Waals surface area contributed by atoms with E-state index in [2.05, 4.69) is 31.1 Å². The smallest absolute Gasteiger partial charge is 0.249 e. The van der Waals surface area contributed by atoms with Crippen molar-refractivity contribution < 1.29 is 9.53 Å². The first kappa shape index (κ1) is 19.1. The average Bonchev–Trinajstić information content (AvgIpc) is 2.69. The summed E-state index contributed by atoms with van der Waals surface area (Å²) in [4.78, 5) is 15.6. The van der Waals surface area contributed by atoms with Crippen LogP contribution in [-0.2, 0) is 11.2 Å². The third-order valence-electron chi connectivity index (χ3n) is 3.88. The van der Waals surface area contributed by atoms with Gasteiger partial charge in [-0.05, 0) is 42.3 Å². The van der Waals surface area contributed by atoms with Crippen molar-refractivity contribution in [2.75, 3.05) is 29.6 Å². The number of hydrogen-bond donors (Lipinski definition) is 3. The number of hydrogen-bond acceptors (Lipinski definition) is 7. The van der Waals surface area contributed by atoms with Gasteiger partial charge in [-0.3, -0.25) is 4.79 Å². The Labute approximate surface area is 163 Å². The van der Waals surface area contributed by atoms with Gasteiger partial charge in [0.05, 0.1) is 13.3 Å². The first-order valence-corrected chi connectivity index (χ1v) is 8.83. The van der Waals surface area contributed by atoms with Crippen LogP contribution in [0.1, 0.15) is 12.5 Å². The first-order chi connectivity index (χ1) is 13.6. The Kier molecular flexibility index (Phi) is 6.35. The summed E-state index contributed by atoms with van der Waals surface area (Å²) in [5.41, 5.74) is 2.64. The van der Waals surface area contributed by atoms with Crippen molar-refractivity contribution in [3.05, 3.63) is 60.3 Å². The van der Waals surface area contributed by atoms with Crippen LogP contribution in [0.2, 0.25) is 0 Å². The molecule has 1 amide bonds. The maximum Gasteiger partial charge on any atom is 0.249 e. The van der Waals surface area contributed by atoms with Gasteiger partial charge in [0.15, 0.2) is 5.82 Å². The van der Waals surface area contributed by atoms with Crippen LogP contribution < -0.4 is 20.7 Å². The average molecular weight is 378 g/mol. The lowest BCUT2D eigenvalue weighted by molar-refractivity contribution is -0.114. The standard InChI is InChI=1S/C20H22N6O2/c1-14(27)23-16-4-3-5-17(12-16)24-20-25-19(13-22-26-20)21-11-10-15-6-8-18(28-2)9-7-15/h3-9,12-13H,10-11H2,1-2H3,(H,23,27)(H2,21,24,25,26). The van der Waals surface area contributed by atoms with E-state index >= 15 is 0 Å². The van der Waals surface area contributed by atoms with Gasteiger partial charge in [-0.2, -0.15) is 10.1 Å². The molecule has 0 aliphatic carbocycles. The zero-order valence-electron chi connectivity index (χ0n) is 15.8. The number of nitrogens with one attached hydrogen (secondary N) is 3. The number of carbonyl (C=O) groups is 1. The molecule has 0 fully saturated rings. The lowest BCUT2D eigenvalue weighted by Gasteiger charge is -2.09. The van der Waals surface area contributed by atoms with Crippen LogP contribution in [0.4, 0.5) is 23.1 Å². The summed E-state index contributed by atoms with van der Waals surface area (Å²) in [5, 5.41) is 17.0. The Balaban J connectivity index is 1.57. The molecular weight excluding hydrogens is 356 g/mol.